The van der Waals surface area contributed by atoms with E-state index in [1.807, 2.05) is 13.8 Å². The molecule has 1 aromatic rings. The fraction of sp³-hybridized carbons (Fsp3) is 0.462. The second-order valence-corrected chi connectivity index (χ2v) is 5.60. The normalized spacial score (nSPS) is 18.8. The summed E-state index contributed by atoms with van der Waals surface area (Å²) >= 11 is 5.68. The predicted octanol–water partition coefficient (Wildman–Crippen LogP) is 2.30. The quantitative estimate of drug-likeness (QED) is 0.849. The highest BCUT2D eigenvalue weighted by Crippen LogP contribution is 2.18. The van der Waals surface area contributed by atoms with Crippen LogP contribution in [0.4, 0.5) is 4.39 Å². The van der Waals surface area contributed by atoms with Gasteiger partial charge in [0.25, 0.3) is 5.91 Å². The summed E-state index contributed by atoms with van der Waals surface area (Å²) in [5, 5.41) is 3.61. The van der Waals surface area contributed by atoms with Crippen LogP contribution in [0.5, 0.6) is 0 Å². The molecule has 0 aliphatic carbocycles. The molecule has 0 radical (unpaired) electrons. The molecule has 0 spiro atoms. The number of hydrogen-bond acceptors (Lipinski definition) is 2. The third-order valence-corrected chi connectivity index (χ3v) is 3.26. The molecular formula is C13H16ClFN2O. The van der Waals surface area contributed by atoms with Crippen molar-refractivity contribution in [3.63, 3.8) is 0 Å². The van der Waals surface area contributed by atoms with Crippen molar-refractivity contribution in [1.29, 1.82) is 0 Å². The van der Waals surface area contributed by atoms with E-state index in [1.54, 1.807) is 4.90 Å². The van der Waals surface area contributed by atoms with Crippen LogP contribution in [0.3, 0.4) is 0 Å². The Balaban J connectivity index is 2.20. The van der Waals surface area contributed by atoms with Crippen LogP contribution in [0, 0.1) is 5.82 Å². The van der Waals surface area contributed by atoms with Gasteiger partial charge < -0.3 is 10.2 Å². The van der Waals surface area contributed by atoms with E-state index < -0.39 is 5.82 Å². The molecule has 0 unspecified atom stereocenters. The summed E-state index contributed by atoms with van der Waals surface area (Å²) in [5.74, 6) is -0.845. The summed E-state index contributed by atoms with van der Waals surface area (Å²) in [6.45, 7) is 5.90. The van der Waals surface area contributed by atoms with Crippen LogP contribution in [0.1, 0.15) is 24.2 Å². The largest absolute Gasteiger partial charge is 0.335 e. The van der Waals surface area contributed by atoms with Crippen LogP contribution in [-0.2, 0) is 0 Å². The molecule has 1 N–H and O–H groups in total. The van der Waals surface area contributed by atoms with Gasteiger partial charge in [-0.25, -0.2) is 4.39 Å². The highest BCUT2D eigenvalue weighted by atomic mass is 35.5. The molecule has 2 rings (SSSR count). The molecule has 1 aromatic carbocycles. The van der Waals surface area contributed by atoms with E-state index in [2.05, 4.69) is 5.32 Å². The minimum atomic E-state index is -0.566. The summed E-state index contributed by atoms with van der Waals surface area (Å²) in [4.78, 5) is 13.9. The van der Waals surface area contributed by atoms with E-state index in [0.29, 0.717) is 24.7 Å². The summed E-state index contributed by atoms with van der Waals surface area (Å²) in [5.41, 5.74) is -0.0614. The molecule has 0 bridgehead atoms. The van der Waals surface area contributed by atoms with Crippen molar-refractivity contribution in [1.82, 2.24) is 10.2 Å². The number of carbonyl (C=O) groups is 1. The topological polar surface area (TPSA) is 32.3 Å². The number of hydrogen-bond donors (Lipinski definition) is 1. The van der Waals surface area contributed by atoms with Gasteiger partial charge in [-0.05, 0) is 32.0 Å². The van der Waals surface area contributed by atoms with Crippen molar-refractivity contribution in [2.24, 2.45) is 0 Å². The lowest BCUT2D eigenvalue weighted by molar-refractivity contribution is 0.0647. The molecular weight excluding hydrogens is 255 g/mol. The lowest BCUT2D eigenvalue weighted by Gasteiger charge is -2.39. The maximum atomic E-state index is 13.7. The first-order valence-electron chi connectivity index (χ1n) is 5.88. The first kappa shape index (κ1) is 13.3. The average molecular weight is 271 g/mol. The third-order valence-electron chi connectivity index (χ3n) is 3.02. The number of rotatable bonds is 1. The van der Waals surface area contributed by atoms with Crippen molar-refractivity contribution >= 4 is 17.5 Å². The molecule has 0 saturated carbocycles. The molecule has 5 heteroatoms. The maximum Gasteiger partial charge on any atom is 0.256 e. The van der Waals surface area contributed by atoms with Crippen molar-refractivity contribution in [3.05, 3.63) is 34.6 Å². The first-order chi connectivity index (χ1) is 8.39. The minimum absolute atomic E-state index is 0.0806. The summed E-state index contributed by atoms with van der Waals surface area (Å²) in [7, 11) is 0. The highest BCUT2D eigenvalue weighted by molar-refractivity contribution is 6.30. The molecule has 1 fully saturated rings. The van der Waals surface area contributed by atoms with Gasteiger partial charge in [0, 0.05) is 30.2 Å². The highest BCUT2D eigenvalue weighted by Gasteiger charge is 2.30. The third kappa shape index (κ3) is 2.82. The maximum absolute atomic E-state index is 13.7. The van der Waals surface area contributed by atoms with Gasteiger partial charge in [-0.15, -0.1) is 0 Å². The Bertz CT molecular complexity index is 476. The van der Waals surface area contributed by atoms with Crippen LogP contribution in [0.25, 0.3) is 0 Å². The van der Waals surface area contributed by atoms with Gasteiger partial charge >= 0.3 is 0 Å². The molecule has 98 valence electrons. The molecule has 3 nitrogen and oxygen atoms in total. The van der Waals surface area contributed by atoms with Gasteiger partial charge in [0.2, 0.25) is 0 Å². The van der Waals surface area contributed by atoms with Crippen LogP contribution in [-0.4, -0.2) is 36.0 Å². The summed E-state index contributed by atoms with van der Waals surface area (Å²) in [6.07, 6.45) is 0. The number of halogens is 2. The van der Waals surface area contributed by atoms with E-state index in [4.69, 9.17) is 11.6 Å². The number of piperazine rings is 1. The Morgan fingerprint density at radius 1 is 1.50 bits per heavy atom. The second kappa shape index (κ2) is 4.86. The van der Waals surface area contributed by atoms with Crippen molar-refractivity contribution in [2.75, 3.05) is 19.6 Å². The molecule has 1 amide bonds. The van der Waals surface area contributed by atoms with Crippen molar-refractivity contribution in [2.45, 2.75) is 19.4 Å². The van der Waals surface area contributed by atoms with Gasteiger partial charge in [-0.1, -0.05) is 11.6 Å². The first-order valence-corrected chi connectivity index (χ1v) is 6.26. The van der Waals surface area contributed by atoms with Gasteiger partial charge in [-0.3, -0.25) is 4.79 Å². The second-order valence-electron chi connectivity index (χ2n) is 5.16. The molecule has 1 aliphatic heterocycles. The zero-order chi connectivity index (χ0) is 13.3. The summed E-state index contributed by atoms with van der Waals surface area (Å²) < 4.78 is 13.7. The molecule has 0 atom stereocenters. The van der Waals surface area contributed by atoms with Crippen LogP contribution in [0.2, 0.25) is 5.02 Å². The fourth-order valence-electron chi connectivity index (χ4n) is 2.15. The zero-order valence-corrected chi connectivity index (χ0v) is 11.2. The van der Waals surface area contributed by atoms with E-state index >= 15 is 0 Å². The number of carbonyl (C=O) groups excluding carboxylic acids is 1. The van der Waals surface area contributed by atoms with Crippen LogP contribution >= 0.6 is 11.6 Å². The Kier molecular flexibility index (Phi) is 3.59. The Labute approximate surface area is 111 Å². The molecule has 1 aliphatic rings. The fourth-order valence-corrected chi connectivity index (χ4v) is 2.31. The molecule has 0 aromatic heterocycles. The van der Waals surface area contributed by atoms with E-state index in [1.165, 1.54) is 18.2 Å². The SMILES string of the molecule is CC1(C)CN(C(=O)c2ccc(Cl)cc2F)CCN1. The number of nitrogens with one attached hydrogen (secondary N) is 1. The minimum Gasteiger partial charge on any atom is -0.335 e. The monoisotopic (exact) mass is 270 g/mol. The summed E-state index contributed by atoms with van der Waals surface area (Å²) in [6, 6.07) is 4.14. The number of benzene rings is 1. The molecule has 1 saturated heterocycles. The molecule has 18 heavy (non-hydrogen) atoms. The Morgan fingerprint density at radius 3 is 2.83 bits per heavy atom. The number of amides is 1. The predicted molar refractivity (Wildman–Crippen MR) is 69.4 cm³/mol. The lowest BCUT2D eigenvalue weighted by atomic mass is 10.0. The van der Waals surface area contributed by atoms with Crippen molar-refractivity contribution in [3.8, 4) is 0 Å². The van der Waals surface area contributed by atoms with Crippen LogP contribution < -0.4 is 5.32 Å². The number of nitrogens with zero attached hydrogens (tertiary/aromatic N) is 1. The zero-order valence-electron chi connectivity index (χ0n) is 10.5. The van der Waals surface area contributed by atoms with Gasteiger partial charge in [0.1, 0.15) is 5.82 Å². The molecule has 1 heterocycles. The van der Waals surface area contributed by atoms with E-state index in [9.17, 15) is 9.18 Å². The lowest BCUT2D eigenvalue weighted by Crippen LogP contribution is -2.58. The smallest absolute Gasteiger partial charge is 0.256 e. The van der Waals surface area contributed by atoms with E-state index in [-0.39, 0.29) is 17.0 Å². The van der Waals surface area contributed by atoms with Gasteiger partial charge in [-0.2, -0.15) is 0 Å². The van der Waals surface area contributed by atoms with Crippen LogP contribution in [0.15, 0.2) is 18.2 Å². The average Bonchev–Trinajstić information content (AvgIpc) is 2.27. The van der Waals surface area contributed by atoms with E-state index in [0.717, 1.165) is 0 Å². The Hall–Kier alpha value is -1.13. The van der Waals surface area contributed by atoms with Crippen molar-refractivity contribution < 1.29 is 9.18 Å². The van der Waals surface area contributed by atoms with Gasteiger partial charge in [0.15, 0.2) is 0 Å². The standard InChI is InChI=1S/C13H16ClFN2O/c1-13(2)8-17(6-5-16-13)12(18)10-4-3-9(14)7-11(10)15/h3-4,7,16H,5-6,8H2,1-2H3. The van der Waals surface area contributed by atoms with Gasteiger partial charge in [0.05, 0.1) is 5.56 Å². The Morgan fingerprint density at radius 2 is 2.22 bits per heavy atom.